The lowest BCUT2D eigenvalue weighted by Crippen LogP contribution is -1.95. The number of aromatic nitrogens is 3. The molecule has 0 bridgehead atoms. The van der Waals surface area contributed by atoms with Gasteiger partial charge in [0.05, 0.1) is 17.9 Å². The van der Waals surface area contributed by atoms with E-state index < -0.39 is 0 Å². The Morgan fingerprint density at radius 3 is 3.00 bits per heavy atom. The molecule has 4 heteroatoms. The van der Waals surface area contributed by atoms with E-state index in [1.54, 1.807) is 6.20 Å². The first kappa shape index (κ1) is 7.73. The van der Waals surface area contributed by atoms with Crippen molar-refractivity contribution in [2.24, 2.45) is 0 Å². The molecular weight excluding hydrogens is 218 g/mol. The molecule has 2 aromatic heterocycles. The van der Waals surface area contributed by atoms with Crippen molar-refractivity contribution in [1.82, 2.24) is 14.8 Å². The molecule has 0 amide bonds. The molecule has 0 aliphatic rings. The SMILES string of the molecule is CCn1ncc2c(Br)cncc21. The first-order valence-electron chi connectivity index (χ1n) is 3.78. The minimum absolute atomic E-state index is 0.877. The zero-order valence-electron chi connectivity index (χ0n) is 6.66. The summed E-state index contributed by atoms with van der Waals surface area (Å²) in [6.07, 6.45) is 5.46. The fourth-order valence-electron chi connectivity index (χ4n) is 1.21. The van der Waals surface area contributed by atoms with Crippen molar-refractivity contribution < 1.29 is 0 Å². The van der Waals surface area contributed by atoms with E-state index in [-0.39, 0.29) is 0 Å². The molecule has 62 valence electrons. The second kappa shape index (κ2) is 2.86. The van der Waals surface area contributed by atoms with Crippen LogP contribution in [-0.4, -0.2) is 14.8 Å². The molecule has 0 aliphatic carbocycles. The molecule has 0 fully saturated rings. The van der Waals surface area contributed by atoms with Gasteiger partial charge in [0.1, 0.15) is 0 Å². The van der Waals surface area contributed by atoms with Gasteiger partial charge in [-0.15, -0.1) is 0 Å². The third-order valence-electron chi connectivity index (χ3n) is 1.82. The molecular formula is C8H8BrN3. The van der Waals surface area contributed by atoms with E-state index >= 15 is 0 Å². The molecule has 0 atom stereocenters. The summed E-state index contributed by atoms with van der Waals surface area (Å²) in [6, 6.07) is 0. The van der Waals surface area contributed by atoms with E-state index in [2.05, 4.69) is 32.9 Å². The van der Waals surface area contributed by atoms with Crippen LogP contribution in [0.3, 0.4) is 0 Å². The summed E-state index contributed by atoms with van der Waals surface area (Å²) < 4.78 is 2.92. The Balaban J connectivity index is 2.80. The van der Waals surface area contributed by atoms with Gasteiger partial charge >= 0.3 is 0 Å². The largest absolute Gasteiger partial charge is 0.264 e. The Bertz CT molecular complexity index is 408. The van der Waals surface area contributed by atoms with Crippen LogP contribution in [0.5, 0.6) is 0 Å². The average Bonchev–Trinajstić information content (AvgIpc) is 2.49. The monoisotopic (exact) mass is 225 g/mol. The molecule has 0 unspecified atom stereocenters. The van der Waals surface area contributed by atoms with E-state index in [0.29, 0.717) is 0 Å². The molecule has 0 saturated heterocycles. The van der Waals surface area contributed by atoms with Crippen LogP contribution in [0.4, 0.5) is 0 Å². The molecule has 0 N–H and O–H groups in total. The molecule has 2 rings (SSSR count). The van der Waals surface area contributed by atoms with Crippen molar-refractivity contribution in [3.8, 4) is 0 Å². The van der Waals surface area contributed by atoms with E-state index in [1.165, 1.54) is 0 Å². The van der Waals surface area contributed by atoms with Crippen molar-refractivity contribution in [3.05, 3.63) is 23.1 Å². The topological polar surface area (TPSA) is 30.7 Å². The van der Waals surface area contributed by atoms with Gasteiger partial charge in [0.15, 0.2) is 0 Å². The highest BCUT2D eigenvalue weighted by atomic mass is 79.9. The number of hydrogen-bond acceptors (Lipinski definition) is 2. The second-order valence-electron chi connectivity index (χ2n) is 2.51. The third-order valence-corrected chi connectivity index (χ3v) is 2.45. The van der Waals surface area contributed by atoms with Crippen LogP contribution in [0.15, 0.2) is 23.1 Å². The molecule has 0 saturated carbocycles. The van der Waals surface area contributed by atoms with Gasteiger partial charge in [0.2, 0.25) is 0 Å². The molecule has 0 aliphatic heterocycles. The van der Waals surface area contributed by atoms with Gasteiger partial charge in [0, 0.05) is 22.6 Å². The number of nitrogens with zero attached hydrogens (tertiary/aromatic N) is 3. The van der Waals surface area contributed by atoms with Gasteiger partial charge in [-0.1, -0.05) is 0 Å². The van der Waals surface area contributed by atoms with Crippen LogP contribution in [0, 0.1) is 0 Å². The van der Waals surface area contributed by atoms with Crippen LogP contribution >= 0.6 is 15.9 Å². The lowest BCUT2D eigenvalue weighted by atomic mass is 10.3. The number of pyridine rings is 1. The van der Waals surface area contributed by atoms with Crippen LogP contribution in [0.1, 0.15) is 6.92 Å². The number of fused-ring (bicyclic) bond motifs is 1. The van der Waals surface area contributed by atoms with Gasteiger partial charge in [-0.3, -0.25) is 9.67 Å². The third kappa shape index (κ3) is 1.03. The van der Waals surface area contributed by atoms with Crippen LogP contribution in [0.2, 0.25) is 0 Å². The summed E-state index contributed by atoms with van der Waals surface area (Å²) in [7, 11) is 0. The Labute approximate surface area is 78.5 Å². The summed E-state index contributed by atoms with van der Waals surface area (Å²) in [5.74, 6) is 0. The Kier molecular flexibility index (Phi) is 1.84. The summed E-state index contributed by atoms with van der Waals surface area (Å²) in [4.78, 5) is 4.09. The Hall–Kier alpha value is -0.900. The maximum Gasteiger partial charge on any atom is 0.0876 e. The number of halogens is 1. The minimum Gasteiger partial charge on any atom is -0.264 e. The maximum atomic E-state index is 4.22. The van der Waals surface area contributed by atoms with Gasteiger partial charge in [-0.2, -0.15) is 5.10 Å². The fraction of sp³-hybridized carbons (Fsp3) is 0.250. The molecule has 0 aromatic carbocycles. The van der Waals surface area contributed by atoms with Crippen molar-refractivity contribution in [2.45, 2.75) is 13.5 Å². The highest BCUT2D eigenvalue weighted by molar-refractivity contribution is 9.10. The summed E-state index contributed by atoms with van der Waals surface area (Å²) >= 11 is 3.42. The van der Waals surface area contributed by atoms with Gasteiger partial charge in [-0.05, 0) is 22.9 Å². The van der Waals surface area contributed by atoms with Crippen molar-refractivity contribution in [1.29, 1.82) is 0 Å². The van der Waals surface area contributed by atoms with Gasteiger partial charge in [-0.25, -0.2) is 0 Å². The molecule has 3 nitrogen and oxygen atoms in total. The highest BCUT2D eigenvalue weighted by Gasteiger charge is 2.03. The first-order chi connectivity index (χ1) is 5.83. The highest BCUT2D eigenvalue weighted by Crippen LogP contribution is 2.21. The van der Waals surface area contributed by atoms with Crippen molar-refractivity contribution >= 4 is 26.8 Å². The van der Waals surface area contributed by atoms with Crippen molar-refractivity contribution in [3.63, 3.8) is 0 Å². The van der Waals surface area contributed by atoms with Crippen molar-refractivity contribution in [2.75, 3.05) is 0 Å². The fourth-order valence-corrected chi connectivity index (χ4v) is 1.63. The van der Waals surface area contributed by atoms with Crippen LogP contribution < -0.4 is 0 Å². The zero-order valence-corrected chi connectivity index (χ0v) is 8.24. The molecule has 12 heavy (non-hydrogen) atoms. The molecule has 0 spiro atoms. The predicted octanol–water partition coefficient (Wildman–Crippen LogP) is 2.21. The Morgan fingerprint density at radius 1 is 1.42 bits per heavy atom. The summed E-state index contributed by atoms with van der Waals surface area (Å²) in [6.45, 7) is 2.94. The minimum atomic E-state index is 0.877. The van der Waals surface area contributed by atoms with Crippen LogP contribution in [-0.2, 0) is 6.54 Å². The number of rotatable bonds is 1. The van der Waals surface area contributed by atoms with E-state index in [1.807, 2.05) is 17.1 Å². The van der Waals surface area contributed by atoms with E-state index in [9.17, 15) is 0 Å². The summed E-state index contributed by atoms with van der Waals surface area (Å²) in [5.41, 5.74) is 1.08. The number of aryl methyl sites for hydroxylation is 1. The van der Waals surface area contributed by atoms with Gasteiger partial charge in [0.25, 0.3) is 0 Å². The Morgan fingerprint density at radius 2 is 2.25 bits per heavy atom. The lowest BCUT2D eigenvalue weighted by molar-refractivity contribution is 0.683. The molecule has 0 radical (unpaired) electrons. The van der Waals surface area contributed by atoms with Gasteiger partial charge < -0.3 is 0 Å². The average molecular weight is 226 g/mol. The summed E-state index contributed by atoms with van der Waals surface area (Å²) in [5, 5.41) is 5.34. The predicted molar refractivity (Wildman–Crippen MR) is 50.9 cm³/mol. The quantitative estimate of drug-likeness (QED) is 0.746. The molecule has 2 heterocycles. The number of hydrogen-bond donors (Lipinski definition) is 0. The smallest absolute Gasteiger partial charge is 0.0876 e. The maximum absolute atomic E-state index is 4.22. The first-order valence-corrected chi connectivity index (χ1v) is 4.57. The second-order valence-corrected chi connectivity index (χ2v) is 3.37. The normalized spacial score (nSPS) is 10.8. The van der Waals surface area contributed by atoms with E-state index in [0.717, 1.165) is 21.9 Å². The van der Waals surface area contributed by atoms with E-state index in [4.69, 9.17) is 0 Å². The molecule has 2 aromatic rings. The standard InChI is InChI=1S/C8H8BrN3/c1-2-12-8-5-10-4-7(9)6(8)3-11-12/h3-5H,2H2,1H3. The lowest BCUT2D eigenvalue weighted by Gasteiger charge is -1.97. The zero-order chi connectivity index (χ0) is 8.55. The van der Waals surface area contributed by atoms with Crippen LogP contribution in [0.25, 0.3) is 10.9 Å².